The Balaban J connectivity index is 0. The first kappa shape index (κ1) is 25.8. The first-order valence-corrected chi connectivity index (χ1v) is 10.00. The van der Waals surface area contributed by atoms with Gasteiger partial charge in [0, 0.05) is 0 Å². The molecule has 0 aliphatic rings. The Morgan fingerprint density at radius 1 is 0.409 bits per heavy atom. The molecule has 0 unspecified atom stereocenters. The third kappa shape index (κ3) is 23.9. The van der Waals surface area contributed by atoms with E-state index >= 15 is 0 Å². The van der Waals surface area contributed by atoms with E-state index in [2.05, 4.69) is 6.92 Å². The van der Waals surface area contributed by atoms with E-state index in [0.29, 0.717) is 0 Å². The minimum Gasteiger partial charge on any atom is -0.854 e. The monoisotopic (exact) mass is 336 g/mol. The van der Waals surface area contributed by atoms with Crippen molar-refractivity contribution in [2.45, 2.75) is 122 Å². The molecule has 2 heteroatoms. The molecule has 0 bridgehead atoms. The molecular weight excluding hydrogens is 295 g/mol. The summed E-state index contributed by atoms with van der Waals surface area (Å²) in [6.07, 6.45) is 24.8. The minimum atomic E-state index is 0. The Morgan fingerprint density at radius 3 is 0.864 bits per heavy atom. The first-order chi connectivity index (χ1) is 10.4. The number of unbranched alkanes of at least 4 members (excludes halogenated alkanes) is 17. The maximum Gasteiger partial charge on any atom is 1.00 e. The van der Waals surface area contributed by atoms with Crippen LogP contribution < -0.4 is 56.5 Å². The molecule has 0 aromatic heterocycles. The summed E-state index contributed by atoms with van der Waals surface area (Å²) >= 11 is 0. The normalized spacial score (nSPS) is 10.6. The molecule has 0 spiro atoms. The molecule has 0 rings (SSSR count). The Labute approximate surface area is 183 Å². The molecule has 0 aromatic carbocycles. The van der Waals surface area contributed by atoms with Crippen LogP contribution in [0.2, 0.25) is 0 Å². The third-order valence-corrected chi connectivity index (χ3v) is 4.50. The van der Waals surface area contributed by atoms with Crippen LogP contribution >= 0.6 is 0 Å². The van der Waals surface area contributed by atoms with Gasteiger partial charge in [0.1, 0.15) is 0 Å². The van der Waals surface area contributed by atoms with E-state index in [9.17, 15) is 5.11 Å². The number of rotatable bonds is 18. The molecule has 1 nitrogen and oxygen atoms in total. The molecule has 0 amide bonds. The summed E-state index contributed by atoms with van der Waals surface area (Å²) in [6, 6.07) is 0. The van der Waals surface area contributed by atoms with Crippen LogP contribution in [-0.2, 0) is 0 Å². The molecule has 0 atom stereocenters. The number of hydrogen-bond donors (Lipinski definition) is 0. The second-order valence-corrected chi connectivity index (χ2v) is 6.71. The second kappa shape index (κ2) is 24.8. The standard InChI is InChI=1S/C20H41O.K/c1-2-3-4-5-6-7-8-9-10-11-12-13-14-15-16-17-18-19-20-21;/h2-20H2,1H3;/q-1;+1. The van der Waals surface area contributed by atoms with Gasteiger partial charge in [-0.2, -0.15) is 0 Å². The van der Waals surface area contributed by atoms with Gasteiger partial charge in [-0.3, -0.25) is 0 Å². The molecule has 0 heterocycles. The smallest absolute Gasteiger partial charge is 0.854 e. The van der Waals surface area contributed by atoms with Crippen molar-refractivity contribution in [3.05, 3.63) is 0 Å². The molecule has 0 saturated carbocycles. The zero-order valence-electron chi connectivity index (χ0n) is 15.8. The van der Waals surface area contributed by atoms with Crippen LogP contribution in [0.4, 0.5) is 0 Å². The van der Waals surface area contributed by atoms with Gasteiger partial charge in [0.25, 0.3) is 0 Å². The molecule has 0 radical (unpaired) electrons. The Bertz CT molecular complexity index is 155. The minimum absolute atomic E-state index is 0. The predicted octanol–water partition coefficient (Wildman–Crippen LogP) is 3.39. The predicted molar refractivity (Wildman–Crippen MR) is 93.6 cm³/mol. The van der Waals surface area contributed by atoms with Gasteiger partial charge in [-0.05, 0) is 0 Å². The van der Waals surface area contributed by atoms with Crippen LogP contribution in [0.5, 0.6) is 0 Å². The Hall–Kier alpha value is 1.60. The van der Waals surface area contributed by atoms with Gasteiger partial charge in [0.05, 0.1) is 0 Å². The van der Waals surface area contributed by atoms with Gasteiger partial charge in [-0.25, -0.2) is 0 Å². The van der Waals surface area contributed by atoms with Crippen molar-refractivity contribution < 1.29 is 56.5 Å². The molecule has 22 heavy (non-hydrogen) atoms. The maximum atomic E-state index is 10.3. The largest absolute Gasteiger partial charge is 1.00 e. The van der Waals surface area contributed by atoms with Crippen LogP contribution in [-0.4, -0.2) is 6.61 Å². The molecule has 128 valence electrons. The molecule has 0 aliphatic heterocycles. The zero-order chi connectivity index (χ0) is 15.4. The van der Waals surface area contributed by atoms with E-state index in [4.69, 9.17) is 0 Å². The topological polar surface area (TPSA) is 23.1 Å². The van der Waals surface area contributed by atoms with Gasteiger partial charge in [0.2, 0.25) is 0 Å². The third-order valence-electron chi connectivity index (χ3n) is 4.50. The fourth-order valence-electron chi connectivity index (χ4n) is 3.00. The molecule has 0 fully saturated rings. The van der Waals surface area contributed by atoms with E-state index in [1.165, 1.54) is 103 Å². The average Bonchev–Trinajstić information content (AvgIpc) is 2.50. The van der Waals surface area contributed by atoms with Crippen LogP contribution in [0.1, 0.15) is 122 Å². The molecule has 0 N–H and O–H groups in total. The molecule has 0 aromatic rings. The summed E-state index contributed by atoms with van der Waals surface area (Å²) in [7, 11) is 0. The Morgan fingerprint density at radius 2 is 0.636 bits per heavy atom. The van der Waals surface area contributed by atoms with E-state index in [-0.39, 0.29) is 58.0 Å². The van der Waals surface area contributed by atoms with E-state index in [1.54, 1.807) is 0 Å². The van der Waals surface area contributed by atoms with Gasteiger partial charge in [-0.15, -0.1) is 6.61 Å². The van der Waals surface area contributed by atoms with Gasteiger partial charge in [0.15, 0.2) is 0 Å². The SMILES string of the molecule is CCCCCCCCCCCCCCCCCCCC[O-].[K+]. The van der Waals surface area contributed by atoms with Crippen molar-refractivity contribution in [3.8, 4) is 0 Å². The van der Waals surface area contributed by atoms with Crippen molar-refractivity contribution in [2.75, 3.05) is 6.61 Å². The van der Waals surface area contributed by atoms with Crippen molar-refractivity contribution in [1.29, 1.82) is 0 Å². The molecule has 0 saturated heterocycles. The van der Waals surface area contributed by atoms with Crippen molar-refractivity contribution in [1.82, 2.24) is 0 Å². The van der Waals surface area contributed by atoms with Crippen molar-refractivity contribution >= 4 is 0 Å². The Kier molecular flexibility index (Phi) is 29.2. The van der Waals surface area contributed by atoms with Crippen LogP contribution in [0.3, 0.4) is 0 Å². The molecule has 0 aliphatic carbocycles. The van der Waals surface area contributed by atoms with Crippen LogP contribution in [0.15, 0.2) is 0 Å². The fraction of sp³-hybridized carbons (Fsp3) is 1.00. The summed E-state index contributed by atoms with van der Waals surface area (Å²) in [4.78, 5) is 0. The van der Waals surface area contributed by atoms with E-state index in [1.807, 2.05) is 0 Å². The quantitative estimate of drug-likeness (QED) is 0.278. The van der Waals surface area contributed by atoms with Gasteiger partial charge in [-0.1, -0.05) is 122 Å². The van der Waals surface area contributed by atoms with E-state index < -0.39 is 0 Å². The van der Waals surface area contributed by atoms with E-state index in [0.717, 1.165) is 12.8 Å². The van der Waals surface area contributed by atoms with Crippen LogP contribution in [0.25, 0.3) is 0 Å². The summed E-state index contributed by atoms with van der Waals surface area (Å²) in [5, 5.41) is 10.3. The zero-order valence-corrected chi connectivity index (χ0v) is 19.0. The van der Waals surface area contributed by atoms with Crippen LogP contribution in [0, 0.1) is 0 Å². The summed E-state index contributed by atoms with van der Waals surface area (Å²) < 4.78 is 0. The molecular formula is C20H41KO. The first-order valence-electron chi connectivity index (χ1n) is 10.00. The summed E-state index contributed by atoms with van der Waals surface area (Å²) in [5.74, 6) is 0. The second-order valence-electron chi connectivity index (χ2n) is 6.71. The van der Waals surface area contributed by atoms with Gasteiger partial charge >= 0.3 is 51.4 Å². The van der Waals surface area contributed by atoms with Gasteiger partial charge < -0.3 is 5.11 Å². The fourth-order valence-corrected chi connectivity index (χ4v) is 3.00. The average molecular weight is 337 g/mol. The summed E-state index contributed by atoms with van der Waals surface area (Å²) in [5.41, 5.74) is 0. The van der Waals surface area contributed by atoms with Crippen molar-refractivity contribution in [2.24, 2.45) is 0 Å². The number of hydrogen-bond acceptors (Lipinski definition) is 1. The maximum absolute atomic E-state index is 10.3. The summed E-state index contributed by atoms with van der Waals surface area (Å²) in [6.45, 7) is 2.41. The van der Waals surface area contributed by atoms with Crippen molar-refractivity contribution in [3.63, 3.8) is 0 Å².